The number of amides is 1. The number of rotatable bonds is 7. The fourth-order valence-electron chi connectivity index (χ4n) is 4.06. The number of carbonyl (C=O) groups is 1. The molecule has 0 unspecified atom stereocenters. The molecule has 1 amide bonds. The lowest BCUT2D eigenvalue weighted by Gasteiger charge is -2.38. The van der Waals surface area contributed by atoms with Gasteiger partial charge in [-0.25, -0.2) is 4.39 Å². The summed E-state index contributed by atoms with van der Waals surface area (Å²) >= 11 is 0. The highest BCUT2D eigenvalue weighted by Crippen LogP contribution is 2.27. The van der Waals surface area contributed by atoms with Crippen molar-refractivity contribution in [2.75, 3.05) is 32.1 Å². The second-order valence-electron chi connectivity index (χ2n) is 8.19. The third-order valence-corrected chi connectivity index (χ3v) is 5.73. The lowest BCUT2D eigenvalue weighted by Crippen LogP contribution is -2.46. The van der Waals surface area contributed by atoms with Crippen molar-refractivity contribution < 1.29 is 19.0 Å². The van der Waals surface area contributed by atoms with Gasteiger partial charge in [-0.3, -0.25) is 14.4 Å². The number of nitrogens with zero attached hydrogens (tertiary/aromatic N) is 3. The minimum absolute atomic E-state index is 0.0107. The first-order valence-corrected chi connectivity index (χ1v) is 10.4. The summed E-state index contributed by atoms with van der Waals surface area (Å²) in [6.45, 7) is 2.49. The summed E-state index contributed by atoms with van der Waals surface area (Å²) in [7, 11) is 1.47. The summed E-state index contributed by atoms with van der Waals surface area (Å²) in [5, 5.41) is 19.4. The van der Waals surface area contributed by atoms with Gasteiger partial charge in [-0.15, -0.1) is 0 Å². The van der Waals surface area contributed by atoms with Crippen molar-refractivity contribution in [1.29, 1.82) is 0 Å². The maximum absolute atomic E-state index is 13.4. The SMILES string of the molecule is COCC(=O)Nc1ccc2cnn(CC3(O)CCN(Cc4cccc(F)c4)CC3)c2c1. The van der Waals surface area contributed by atoms with Crippen molar-refractivity contribution >= 4 is 22.5 Å². The Morgan fingerprint density at radius 3 is 2.81 bits per heavy atom. The molecule has 2 N–H and O–H groups in total. The number of nitrogens with one attached hydrogen (secondary N) is 1. The van der Waals surface area contributed by atoms with Crippen LogP contribution < -0.4 is 5.32 Å². The first-order valence-electron chi connectivity index (χ1n) is 10.4. The van der Waals surface area contributed by atoms with E-state index in [0.717, 1.165) is 29.6 Å². The molecule has 2 aromatic carbocycles. The van der Waals surface area contributed by atoms with Gasteiger partial charge in [0.1, 0.15) is 12.4 Å². The van der Waals surface area contributed by atoms with Gasteiger partial charge in [-0.05, 0) is 48.7 Å². The largest absolute Gasteiger partial charge is 0.388 e. The minimum Gasteiger partial charge on any atom is -0.388 e. The zero-order valence-corrected chi connectivity index (χ0v) is 17.6. The van der Waals surface area contributed by atoms with Crippen LogP contribution in [0, 0.1) is 5.82 Å². The Balaban J connectivity index is 1.41. The van der Waals surface area contributed by atoms with Crippen molar-refractivity contribution in [1.82, 2.24) is 14.7 Å². The minimum atomic E-state index is -0.868. The van der Waals surface area contributed by atoms with Crippen molar-refractivity contribution in [2.24, 2.45) is 0 Å². The summed E-state index contributed by atoms with van der Waals surface area (Å²) in [4.78, 5) is 14.0. The van der Waals surface area contributed by atoms with Crippen molar-refractivity contribution in [3.05, 3.63) is 60.0 Å². The quantitative estimate of drug-likeness (QED) is 0.607. The molecule has 0 bridgehead atoms. The number of carbonyl (C=O) groups excluding carboxylic acids is 1. The van der Waals surface area contributed by atoms with Crippen LogP contribution in [0.5, 0.6) is 0 Å². The Labute approximate surface area is 180 Å². The van der Waals surface area contributed by atoms with Crippen molar-refractivity contribution in [3.8, 4) is 0 Å². The van der Waals surface area contributed by atoms with Crippen LogP contribution in [-0.4, -0.2) is 58.1 Å². The topological polar surface area (TPSA) is 79.6 Å². The summed E-state index contributed by atoms with van der Waals surface area (Å²) in [6, 6.07) is 12.2. The van der Waals surface area contributed by atoms with E-state index in [1.54, 1.807) is 23.0 Å². The molecule has 1 saturated heterocycles. The number of anilines is 1. The molecule has 7 nitrogen and oxygen atoms in total. The number of aliphatic hydroxyl groups is 1. The second kappa shape index (κ2) is 9.13. The van der Waals surface area contributed by atoms with E-state index in [0.29, 0.717) is 31.6 Å². The molecular weight excluding hydrogens is 399 g/mol. The van der Waals surface area contributed by atoms with Gasteiger partial charge in [-0.2, -0.15) is 5.10 Å². The van der Waals surface area contributed by atoms with Gasteiger partial charge in [-0.1, -0.05) is 12.1 Å². The average Bonchev–Trinajstić information content (AvgIpc) is 3.12. The number of aromatic nitrogens is 2. The first-order chi connectivity index (χ1) is 14.9. The van der Waals surface area contributed by atoms with E-state index in [1.165, 1.54) is 13.2 Å². The van der Waals surface area contributed by atoms with Gasteiger partial charge in [0.2, 0.25) is 5.91 Å². The normalized spacial score (nSPS) is 16.5. The smallest absolute Gasteiger partial charge is 0.250 e. The van der Waals surface area contributed by atoms with Crippen molar-refractivity contribution in [3.63, 3.8) is 0 Å². The van der Waals surface area contributed by atoms with Crippen molar-refractivity contribution in [2.45, 2.75) is 31.5 Å². The van der Waals surface area contributed by atoms with Gasteiger partial charge in [0.05, 0.1) is 23.9 Å². The van der Waals surface area contributed by atoms with Crippen LogP contribution in [0.25, 0.3) is 10.9 Å². The number of ether oxygens (including phenoxy) is 1. The number of hydrogen-bond donors (Lipinski definition) is 2. The zero-order chi connectivity index (χ0) is 21.8. The van der Waals surface area contributed by atoms with Crippen LogP contribution in [0.2, 0.25) is 0 Å². The molecule has 0 saturated carbocycles. The summed E-state index contributed by atoms with van der Waals surface area (Å²) in [5.74, 6) is -0.452. The molecule has 2 heterocycles. The summed E-state index contributed by atoms with van der Waals surface area (Å²) < 4.78 is 20.1. The average molecular weight is 426 g/mol. The molecule has 4 rings (SSSR count). The number of piperidine rings is 1. The maximum Gasteiger partial charge on any atom is 0.250 e. The standard InChI is InChI=1S/C23H27FN4O3/c1-31-15-22(29)26-20-6-5-18-13-25-28(21(18)12-20)16-23(30)7-9-27(10-8-23)14-17-3-2-4-19(24)11-17/h2-6,11-13,30H,7-10,14-16H2,1H3,(H,26,29). The van der Waals surface area contributed by atoms with E-state index in [1.807, 2.05) is 24.3 Å². The highest BCUT2D eigenvalue weighted by molar-refractivity contribution is 5.94. The zero-order valence-electron chi connectivity index (χ0n) is 17.6. The van der Waals surface area contributed by atoms with Crippen LogP contribution in [0.15, 0.2) is 48.7 Å². The molecule has 164 valence electrons. The van der Waals surface area contributed by atoms with Gasteiger partial charge < -0.3 is 15.2 Å². The van der Waals surface area contributed by atoms with E-state index >= 15 is 0 Å². The molecule has 31 heavy (non-hydrogen) atoms. The third kappa shape index (κ3) is 5.28. The van der Waals surface area contributed by atoms with Crippen LogP contribution in [0.1, 0.15) is 18.4 Å². The molecular formula is C23H27FN4O3. The molecule has 1 aliphatic rings. The number of methoxy groups -OCH3 is 1. The Hall–Kier alpha value is -2.81. The molecule has 0 spiro atoms. The van der Waals surface area contributed by atoms with E-state index in [9.17, 15) is 14.3 Å². The lowest BCUT2D eigenvalue weighted by molar-refractivity contribution is -0.119. The predicted octanol–water partition coefficient (Wildman–Crippen LogP) is 2.79. The monoisotopic (exact) mass is 426 g/mol. The van der Waals surface area contributed by atoms with Crippen LogP contribution in [0.3, 0.4) is 0 Å². The van der Waals surface area contributed by atoms with Gasteiger partial charge in [0.15, 0.2) is 0 Å². The van der Waals surface area contributed by atoms with E-state index < -0.39 is 5.60 Å². The highest BCUT2D eigenvalue weighted by Gasteiger charge is 2.33. The summed E-state index contributed by atoms with van der Waals surface area (Å²) in [5.41, 5.74) is 1.58. The second-order valence-corrected chi connectivity index (χ2v) is 8.19. The lowest BCUT2D eigenvalue weighted by atomic mass is 9.91. The first kappa shape index (κ1) is 21.4. The highest BCUT2D eigenvalue weighted by atomic mass is 19.1. The molecule has 0 atom stereocenters. The van der Waals surface area contributed by atoms with Gasteiger partial charge >= 0.3 is 0 Å². The van der Waals surface area contributed by atoms with E-state index in [2.05, 4.69) is 15.3 Å². The molecule has 1 aliphatic heterocycles. The van der Waals surface area contributed by atoms with Gasteiger partial charge in [0.25, 0.3) is 0 Å². The number of halogens is 1. The number of likely N-dealkylation sites (tertiary alicyclic amines) is 1. The van der Waals surface area contributed by atoms with E-state index in [-0.39, 0.29) is 18.3 Å². The molecule has 1 fully saturated rings. The Bertz CT molecular complexity index is 1060. The fourth-order valence-corrected chi connectivity index (χ4v) is 4.06. The molecule has 0 radical (unpaired) electrons. The molecule has 0 aliphatic carbocycles. The predicted molar refractivity (Wildman–Crippen MR) is 116 cm³/mol. The number of fused-ring (bicyclic) bond motifs is 1. The number of hydrogen-bond acceptors (Lipinski definition) is 5. The van der Waals surface area contributed by atoms with Crippen LogP contribution >= 0.6 is 0 Å². The Morgan fingerprint density at radius 1 is 1.26 bits per heavy atom. The van der Waals surface area contributed by atoms with Crippen LogP contribution in [-0.2, 0) is 22.6 Å². The van der Waals surface area contributed by atoms with Crippen LogP contribution in [0.4, 0.5) is 10.1 Å². The Kier molecular flexibility index (Phi) is 6.31. The van der Waals surface area contributed by atoms with Gasteiger partial charge in [0, 0.05) is 37.8 Å². The number of benzene rings is 2. The summed E-state index contributed by atoms with van der Waals surface area (Å²) in [6.07, 6.45) is 2.97. The van der Waals surface area contributed by atoms with E-state index in [4.69, 9.17) is 4.74 Å². The molecule has 8 heteroatoms. The molecule has 1 aromatic heterocycles. The molecule has 3 aromatic rings. The fraction of sp³-hybridized carbons (Fsp3) is 0.391. The third-order valence-electron chi connectivity index (χ3n) is 5.73. The maximum atomic E-state index is 13.4. The Morgan fingerprint density at radius 2 is 2.06 bits per heavy atom.